The number of nitrogens with zero attached hydrogens (tertiary/aromatic N) is 2. The molecule has 0 aromatic heterocycles. The Labute approximate surface area is 151 Å². The standard InChI is InChI=1S/C19H31N3OS/c1-15(24-4)19(23)20-18(16-8-6-5-7-9-16)14-22(3)17-10-12-21(2)13-11-17/h5-9,15,17-18H,10-14H2,1-4H3,(H,20,23)/t15-,18-/m1/s1. The predicted octanol–water partition coefficient (Wildman–Crippen LogP) is 2.62. The fourth-order valence-corrected chi connectivity index (χ4v) is 3.47. The Hall–Kier alpha value is -1.04. The van der Waals surface area contributed by atoms with Crippen molar-refractivity contribution in [2.24, 2.45) is 0 Å². The maximum absolute atomic E-state index is 12.4. The Bertz CT molecular complexity index is 503. The van der Waals surface area contributed by atoms with Gasteiger partial charge in [-0.25, -0.2) is 0 Å². The highest BCUT2D eigenvalue weighted by molar-refractivity contribution is 7.99. The zero-order valence-electron chi connectivity index (χ0n) is 15.4. The molecule has 4 nitrogen and oxygen atoms in total. The van der Waals surface area contributed by atoms with Gasteiger partial charge in [0, 0.05) is 12.6 Å². The van der Waals surface area contributed by atoms with Gasteiger partial charge in [0.15, 0.2) is 0 Å². The molecule has 5 heteroatoms. The van der Waals surface area contributed by atoms with E-state index in [0.717, 1.165) is 19.6 Å². The van der Waals surface area contributed by atoms with E-state index in [2.05, 4.69) is 41.3 Å². The third-order valence-corrected chi connectivity index (χ3v) is 5.94. The van der Waals surface area contributed by atoms with Crippen LogP contribution in [0.5, 0.6) is 0 Å². The minimum atomic E-state index is -0.0233. The zero-order valence-corrected chi connectivity index (χ0v) is 16.2. The molecule has 2 atom stereocenters. The van der Waals surface area contributed by atoms with Gasteiger partial charge in [-0.1, -0.05) is 30.3 Å². The minimum Gasteiger partial charge on any atom is -0.347 e. The largest absolute Gasteiger partial charge is 0.347 e. The van der Waals surface area contributed by atoms with Gasteiger partial charge in [-0.3, -0.25) is 4.79 Å². The molecule has 1 aromatic carbocycles. The first-order valence-corrected chi connectivity index (χ1v) is 10.1. The molecule has 1 aliphatic rings. The number of amides is 1. The summed E-state index contributed by atoms with van der Waals surface area (Å²) in [6.07, 6.45) is 4.37. The highest BCUT2D eigenvalue weighted by Gasteiger charge is 2.25. The van der Waals surface area contributed by atoms with E-state index in [1.165, 1.54) is 18.4 Å². The number of rotatable bonds is 7. The Morgan fingerprint density at radius 3 is 2.54 bits per heavy atom. The zero-order chi connectivity index (χ0) is 17.5. The average molecular weight is 350 g/mol. The summed E-state index contributed by atoms with van der Waals surface area (Å²) in [5, 5.41) is 3.23. The quantitative estimate of drug-likeness (QED) is 0.821. The normalized spacial score (nSPS) is 19.2. The smallest absolute Gasteiger partial charge is 0.233 e. The maximum atomic E-state index is 12.4. The molecule has 1 saturated heterocycles. The number of hydrogen-bond acceptors (Lipinski definition) is 4. The Kier molecular flexibility index (Phi) is 7.59. The van der Waals surface area contributed by atoms with Crippen LogP contribution in [0.3, 0.4) is 0 Å². The number of benzene rings is 1. The summed E-state index contributed by atoms with van der Waals surface area (Å²) in [5.74, 6) is 0.119. The first kappa shape index (κ1) is 19.3. The molecule has 1 amide bonds. The number of carbonyl (C=O) groups is 1. The van der Waals surface area contributed by atoms with Crippen molar-refractivity contribution in [1.29, 1.82) is 0 Å². The summed E-state index contributed by atoms with van der Waals surface area (Å²) in [7, 11) is 4.38. The van der Waals surface area contributed by atoms with Crippen LogP contribution in [0.25, 0.3) is 0 Å². The van der Waals surface area contributed by atoms with Crippen LogP contribution < -0.4 is 5.32 Å². The third kappa shape index (κ3) is 5.50. The van der Waals surface area contributed by atoms with Crippen molar-refractivity contribution in [3.8, 4) is 0 Å². The molecular weight excluding hydrogens is 318 g/mol. The number of likely N-dealkylation sites (tertiary alicyclic amines) is 1. The molecule has 1 heterocycles. The van der Waals surface area contributed by atoms with Crippen LogP contribution in [-0.2, 0) is 4.79 Å². The lowest BCUT2D eigenvalue weighted by Gasteiger charge is -2.37. The molecule has 24 heavy (non-hydrogen) atoms. The van der Waals surface area contributed by atoms with E-state index in [1.807, 2.05) is 31.4 Å². The molecule has 0 unspecified atom stereocenters. The van der Waals surface area contributed by atoms with E-state index >= 15 is 0 Å². The number of thioether (sulfide) groups is 1. The second-order valence-corrected chi connectivity index (χ2v) is 8.00. The molecule has 134 valence electrons. The van der Waals surface area contributed by atoms with Gasteiger partial charge in [-0.15, -0.1) is 0 Å². The van der Waals surface area contributed by atoms with E-state index in [9.17, 15) is 4.79 Å². The highest BCUT2D eigenvalue weighted by atomic mass is 32.2. The van der Waals surface area contributed by atoms with Crippen LogP contribution in [0.4, 0.5) is 0 Å². The molecule has 1 fully saturated rings. The molecule has 0 aliphatic carbocycles. The lowest BCUT2D eigenvalue weighted by molar-refractivity contribution is -0.121. The van der Waals surface area contributed by atoms with Gasteiger partial charge >= 0.3 is 0 Å². The van der Waals surface area contributed by atoms with Crippen molar-refractivity contribution >= 4 is 17.7 Å². The van der Waals surface area contributed by atoms with E-state index in [4.69, 9.17) is 0 Å². The van der Waals surface area contributed by atoms with Gasteiger partial charge in [0.25, 0.3) is 0 Å². The van der Waals surface area contributed by atoms with E-state index in [1.54, 1.807) is 11.8 Å². The second-order valence-electron chi connectivity index (χ2n) is 6.82. The van der Waals surface area contributed by atoms with E-state index in [-0.39, 0.29) is 17.2 Å². The number of piperidine rings is 1. The van der Waals surface area contributed by atoms with Gasteiger partial charge < -0.3 is 15.1 Å². The SMILES string of the molecule is CS[C@H](C)C(=O)N[C@H](CN(C)C1CCN(C)CC1)c1ccccc1. The van der Waals surface area contributed by atoms with Crippen LogP contribution in [0, 0.1) is 0 Å². The minimum absolute atomic E-state index is 0.0233. The molecule has 0 bridgehead atoms. The monoisotopic (exact) mass is 349 g/mol. The Morgan fingerprint density at radius 2 is 1.96 bits per heavy atom. The van der Waals surface area contributed by atoms with Crippen molar-refractivity contribution < 1.29 is 4.79 Å². The van der Waals surface area contributed by atoms with Crippen LogP contribution in [0.1, 0.15) is 31.4 Å². The molecule has 0 saturated carbocycles. The van der Waals surface area contributed by atoms with E-state index in [0.29, 0.717) is 6.04 Å². The van der Waals surface area contributed by atoms with Gasteiger partial charge in [0.2, 0.25) is 5.91 Å². The molecule has 1 aromatic rings. The Morgan fingerprint density at radius 1 is 1.33 bits per heavy atom. The maximum Gasteiger partial charge on any atom is 0.233 e. The Balaban J connectivity index is 2.04. The van der Waals surface area contributed by atoms with Gasteiger partial charge in [0.1, 0.15) is 0 Å². The summed E-state index contributed by atoms with van der Waals surface area (Å²) < 4.78 is 0. The molecular formula is C19H31N3OS. The van der Waals surface area contributed by atoms with Crippen LogP contribution in [-0.4, -0.2) is 67.0 Å². The van der Waals surface area contributed by atoms with Crippen molar-refractivity contribution in [2.75, 3.05) is 40.0 Å². The molecule has 0 spiro atoms. The van der Waals surface area contributed by atoms with Crippen molar-refractivity contribution in [2.45, 2.75) is 37.1 Å². The predicted molar refractivity (Wildman–Crippen MR) is 103 cm³/mol. The number of nitrogens with one attached hydrogen (secondary N) is 1. The average Bonchev–Trinajstić information content (AvgIpc) is 2.61. The lowest BCUT2D eigenvalue weighted by Crippen LogP contribution is -2.46. The first-order valence-electron chi connectivity index (χ1n) is 8.78. The lowest BCUT2D eigenvalue weighted by atomic mass is 10.0. The summed E-state index contributed by atoms with van der Waals surface area (Å²) in [5.41, 5.74) is 1.18. The number of hydrogen-bond donors (Lipinski definition) is 1. The summed E-state index contributed by atoms with van der Waals surface area (Å²) in [4.78, 5) is 17.2. The molecule has 2 rings (SSSR count). The summed E-state index contributed by atoms with van der Waals surface area (Å²) >= 11 is 1.59. The topological polar surface area (TPSA) is 35.6 Å². The van der Waals surface area contributed by atoms with Crippen molar-refractivity contribution in [3.63, 3.8) is 0 Å². The van der Waals surface area contributed by atoms with Gasteiger partial charge in [-0.05, 0) is 58.8 Å². The van der Waals surface area contributed by atoms with Crippen LogP contribution >= 0.6 is 11.8 Å². The molecule has 0 radical (unpaired) electrons. The first-order chi connectivity index (χ1) is 11.5. The number of carbonyl (C=O) groups excluding carboxylic acids is 1. The van der Waals surface area contributed by atoms with Crippen molar-refractivity contribution in [3.05, 3.63) is 35.9 Å². The van der Waals surface area contributed by atoms with Gasteiger partial charge in [0.05, 0.1) is 11.3 Å². The molecule has 1 aliphatic heterocycles. The molecule has 1 N–H and O–H groups in total. The summed E-state index contributed by atoms with van der Waals surface area (Å²) in [6, 6.07) is 11.0. The van der Waals surface area contributed by atoms with E-state index < -0.39 is 0 Å². The van der Waals surface area contributed by atoms with Gasteiger partial charge in [-0.2, -0.15) is 11.8 Å². The third-order valence-electron chi connectivity index (χ3n) is 5.02. The summed E-state index contributed by atoms with van der Waals surface area (Å²) in [6.45, 7) is 5.12. The highest BCUT2D eigenvalue weighted by Crippen LogP contribution is 2.20. The van der Waals surface area contributed by atoms with Crippen molar-refractivity contribution in [1.82, 2.24) is 15.1 Å². The van der Waals surface area contributed by atoms with Crippen LogP contribution in [0.15, 0.2) is 30.3 Å². The second kappa shape index (κ2) is 9.44. The van der Waals surface area contributed by atoms with Crippen LogP contribution in [0.2, 0.25) is 0 Å². The number of likely N-dealkylation sites (N-methyl/N-ethyl adjacent to an activating group) is 1. The fourth-order valence-electron chi connectivity index (χ4n) is 3.19. The fraction of sp³-hybridized carbons (Fsp3) is 0.632.